The molecule has 114 valence electrons. The average molecular weight is 302 g/mol. The average Bonchev–Trinajstić information content (AvgIpc) is 2.24. The van der Waals surface area contributed by atoms with E-state index >= 15 is 0 Å². The third-order valence-corrected chi connectivity index (χ3v) is 6.30. The van der Waals surface area contributed by atoms with Gasteiger partial charge >= 0.3 is 0 Å². The number of Topliss-reactive ketones (excluding diaryl/α,β-unsaturated/α-hetero) is 3. The Kier molecular flexibility index (Phi) is 5.23. The summed E-state index contributed by atoms with van der Waals surface area (Å²) in [5.74, 6) is -1.39. The van der Waals surface area contributed by atoms with Crippen LogP contribution in [0.4, 0.5) is 0 Å². The zero-order valence-electron chi connectivity index (χ0n) is 12.9. The highest BCUT2D eigenvalue weighted by Crippen LogP contribution is 2.36. The molecular weight excluding hydrogens is 280 g/mol. The highest BCUT2D eigenvalue weighted by molar-refractivity contribution is 7.92. The van der Waals surface area contributed by atoms with Gasteiger partial charge < -0.3 is 0 Å². The van der Waals surface area contributed by atoms with E-state index in [1.165, 1.54) is 34.6 Å². The summed E-state index contributed by atoms with van der Waals surface area (Å²) >= 11 is 0. The summed E-state index contributed by atoms with van der Waals surface area (Å²) in [7, 11) is -3.70. The van der Waals surface area contributed by atoms with Crippen molar-refractivity contribution in [1.82, 2.24) is 0 Å². The lowest BCUT2D eigenvalue weighted by Gasteiger charge is -2.32. The lowest BCUT2D eigenvalue weighted by molar-refractivity contribution is -0.135. The molecule has 1 unspecified atom stereocenters. The van der Waals surface area contributed by atoms with Crippen molar-refractivity contribution in [3.05, 3.63) is 12.2 Å². The predicted octanol–water partition coefficient (Wildman–Crippen LogP) is 1.51. The van der Waals surface area contributed by atoms with Crippen molar-refractivity contribution in [2.24, 2.45) is 5.41 Å². The van der Waals surface area contributed by atoms with Gasteiger partial charge in [0, 0.05) is 6.26 Å². The van der Waals surface area contributed by atoms with Crippen LogP contribution in [0.2, 0.25) is 0 Å². The SMILES string of the molecule is C=C(CC(C)(C(C)=O)S(C)(=O)=O)C(C)(C(C)=O)C(C)=O. The van der Waals surface area contributed by atoms with E-state index in [1.807, 2.05) is 0 Å². The molecule has 0 heterocycles. The van der Waals surface area contributed by atoms with Crippen LogP contribution in [0.5, 0.6) is 0 Å². The Morgan fingerprint density at radius 1 is 0.950 bits per heavy atom. The topological polar surface area (TPSA) is 85.3 Å². The molecule has 0 aromatic rings. The number of ketones is 3. The van der Waals surface area contributed by atoms with Gasteiger partial charge in [-0.2, -0.15) is 0 Å². The highest BCUT2D eigenvalue weighted by atomic mass is 32.2. The first-order chi connectivity index (χ1) is 8.71. The predicted molar refractivity (Wildman–Crippen MR) is 77.2 cm³/mol. The van der Waals surface area contributed by atoms with Gasteiger partial charge in [0.1, 0.15) is 21.7 Å². The van der Waals surface area contributed by atoms with Crippen LogP contribution in [-0.2, 0) is 24.2 Å². The van der Waals surface area contributed by atoms with E-state index < -0.39 is 37.3 Å². The van der Waals surface area contributed by atoms with Crippen molar-refractivity contribution in [1.29, 1.82) is 0 Å². The minimum Gasteiger partial charge on any atom is -0.299 e. The number of carbonyl (C=O) groups excluding carboxylic acids is 3. The van der Waals surface area contributed by atoms with Crippen molar-refractivity contribution in [3.8, 4) is 0 Å². The van der Waals surface area contributed by atoms with Crippen LogP contribution in [-0.4, -0.2) is 36.8 Å². The Balaban J connectivity index is 5.83. The molecule has 5 nitrogen and oxygen atoms in total. The van der Waals surface area contributed by atoms with E-state index in [-0.39, 0.29) is 12.0 Å². The fourth-order valence-corrected chi connectivity index (χ4v) is 2.80. The van der Waals surface area contributed by atoms with Crippen LogP contribution in [0, 0.1) is 5.41 Å². The lowest BCUT2D eigenvalue weighted by Crippen LogP contribution is -2.45. The van der Waals surface area contributed by atoms with Crippen molar-refractivity contribution in [2.45, 2.75) is 45.8 Å². The first-order valence-electron chi connectivity index (χ1n) is 6.12. The zero-order chi connectivity index (χ0) is 16.5. The second kappa shape index (κ2) is 5.60. The zero-order valence-corrected chi connectivity index (χ0v) is 13.7. The minimum atomic E-state index is -3.70. The maximum Gasteiger partial charge on any atom is 0.160 e. The second-order valence-electron chi connectivity index (χ2n) is 5.58. The molecule has 0 aromatic carbocycles. The Labute approximate surface area is 120 Å². The van der Waals surface area contributed by atoms with Gasteiger partial charge in [0.15, 0.2) is 15.6 Å². The molecule has 0 bridgehead atoms. The van der Waals surface area contributed by atoms with Crippen LogP contribution >= 0.6 is 0 Å². The Bertz CT molecular complexity index is 556. The third-order valence-electron chi connectivity index (χ3n) is 4.23. The molecular formula is C14H22O5S. The molecule has 0 aliphatic carbocycles. The Hall–Kier alpha value is -1.30. The van der Waals surface area contributed by atoms with E-state index in [2.05, 4.69) is 6.58 Å². The second-order valence-corrected chi connectivity index (χ2v) is 8.02. The number of allylic oxidation sites excluding steroid dienone is 1. The van der Waals surface area contributed by atoms with Crippen molar-refractivity contribution < 1.29 is 22.8 Å². The summed E-state index contributed by atoms with van der Waals surface area (Å²) in [5.41, 5.74) is -1.33. The van der Waals surface area contributed by atoms with Crippen molar-refractivity contribution in [2.75, 3.05) is 6.26 Å². The van der Waals surface area contributed by atoms with Crippen LogP contribution in [0.3, 0.4) is 0 Å². The summed E-state index contributed by atoms with van der Waals surface area (Å²) in [5, 5.41) is 0. The van der Waals surface area contributed by atoms with E-state index in [0.29, 0.717) is 0 Å². The van der Waals surface area contributed by atoms with Gasteiger partial charge in [0.25, 0.3) is 0 Å². The molecule has 0 fully saturated rings. The third kappa shape index (κ3) is 3.06. The monoisotopic (exact) mass is 302 g/mol. The van der Waals surface area contributed by atoms with Crippen molar-refractivity contribution >= 4 is 27.2 Å². The summed E-state index contributed by atoms with van der Waals surface area (Å²) in [6.45, 7) is 10.1. The van der Waals surface area contributed by atoms with Gasteiger partial charge in [0.05, 0.1) is 0 Å². The van der Waals surface area contributed by atoms with Gasteiger partial charge in [-0.25, -0.2) is 8.42 Å². The molecule has 0 saturated heterocycles. The van der Waals surface area contributed by atoms with Crippen LogP contribution < -0.4 is 0 Å². The maximum atomic E-state index is 11.9. The van der Waals surface area contributed by atoms with E-state index in [0.717, 1.165) is 6.26 Å². The van der Waals surface area contributed by atoms with E-state index in [1.54, 1.807) is 0 Å². The fourth-order valence-electron chi connectivity index (χ4n) is 1.85. The number of sulfone groups is 1. The molecule has 0 aliphatic heterocycles. The molecule has 20 heavy (non-hydrogen) atoms. The smallest absolute Gasteiger partial charge is 0.160 e. The van der Waals surface area contributed by atoms with Crippen LogP contribution in [0.25, 0.3) is 0 Å². The largest absolute Gasteiger partial charge is 0.299 e. The summed E-state index contributed by atoms with van der Waals surface area (Å²) < 4.78 is 22.0. The molecule has 0 rings (SSSR count). The number of carbonyl (C=O) groups is 3. The van der Waals surface area contributed by atoms with E-state index in [4.69, 9.17) is 0 Å². The molecule has 0 aliphatic rings. The highest BCUT2D eigenvalue weighted by Gasteiger charge is 2.46. The Morgan fingerprint density at radius 3 is 1.50 bits per heavy atom. The van der Waals surface area contributed by atoms with Gasteiger partial charge in [-0.05, 0) is 41.0 Å². The quantitative estimate of drug-likeness (QED) is 0.525. The number of hydrogen-bond donors (Lipinski definition) is 0. The molecule has 0 spiro atoms. The molecule has 1 atom stereocenters. The summed E-state index contributed by atoms with van der Waals surface area (Å²) in [4.78, 5) is 35.2. The minimum absolute atomic E-state index is 0.139. The fraction of sp³-hybridized carbons (Fsp3) is 0.643. The number of hydrogen-bond acceptors (Lipinski definition) is 5. The summed E-state index contributed by atoms with van der Waals surface area (Å²) in [6.07, 6.45) is 0.706. The number of rotatable bonds is 7. The van der Waals surface area contributed by atoms with Gasteiger partial charge in [-0.1, -0.05) is 12.2 Å². The molecule has 0 N–H and O–H groups in total. The summed E-state index contributed by atoms with van der Waals surface area (Å²) in [6, 6.07) is 0. The van der Waals surface area contributed by atoms with Gasteiger partial charge in [-0.15, -0.1) is 0 Å². The van der Waals surface area contributed by atoms with E-state index in [9.17, 15) is 22.8 Å². The molecule has 0 radical (unpaired) electrons. The standard InChI is InChI=1S/C14H22O5S/c1-9(14(6,11(3)16)12(4)17)8-13(5,10(2)15)20(7,18)19/h1,8H2,2-7H3. The molecule has 0 saturated carbocycles. The van der Waals surface area contributed by atoms with Gasteiger partial charge in [0.2, 0.25) is 0 Å². The molecule has 0 aromatic heterocycles. The molecule has 0 amide bonds. The molecule has 6 heteroatoms. The van der Waals surface area contributed by atoms with Crippen LogP contribution in [0.1, 0.15) is 41.0 Å². The van der Waals surface area contributed by atoms with Gasteiger partial charge in [-0.3, -0.25) is 14.4 Å². The normalized spacial score (nSPS) is 15.3. The lowest BCUT2D eigenvalue weighted by atomic mass is 9.73. The van der Waals surface area contributed by atoms with Crippen LogP contribution in [0.15, 0.2) is 12.2 Å². The van der Waals surface area contributed by atoms with Crippen molar-refractivity contribution in [3.63, 3.8) is 0 Å². The maximum absolute atomic E-state index is 11.9. The Morgan fingerprint density at radius 2 is 1.30 bits per heavy atom. The first kappa shape index (κ1) is 18.7. The first-order valence-corrected chi connectivity index (χ1v) is 8.01.